The van der Waals surface area contributed by atoms with Crippen LogP contribution in [0, 0.1) is 0 Å². The van der Waals surface area contributed by atoms with Crippen LogP contribution in [0.2, 0.25) is 0 Å². The van der Waals surface area contributed by atoms with Gasteiger partial charge in [-0.3, -0.25) is 9.97 Å². The van der Waals surface area contributed by atoms with E-state index in [9.17, 15) is 0 Å². The minimum Gasteiger partial charge on any atom is -0.342 e. The van der Waals surface area contributed by atoms with Crippen molar-refractivity contribution in [3.05, 3.63) is 89.8 Å². The molecule has 3 N–H and O–H groups in total. The molecule has 0 aliphatic heterocycles. The zero-order chi connectivity index (χ0) is 22.3. The van der Waals surface area contributed by atoms with Crippen LogP contribution in [0.5, 0.6) is 0 Å². The molecular weight excluding hydrogens is 408 g/mol. The van der Waals surface area contributed by atoms with Gasteiger partial charge < -0.3 is 15.6 Å². The molecule has 4 aromatic rings. The number of aromatic nitrogens is 4. The quantitative estimate of drug-likeness (QED) is 0.317. The third-order valence-electron chi connectivity index (χ3n) is 6.45. The maximum Gasteiger partial charge on any atom is 0.108 e. The van der Waals surface area contributed by atoms with Gasteiger partial charge >= 0.3 is 0 Å². The van der Waals surface area contributed by atoms with E-state index in [1.54, 1.807) is 0 Å². The molecule has 2 unspecified atom stereocenters. The van der Waals surface area contributed by atoms with E-state index in [0.29, 0.717) is 12.1 Å². The van der Waals surface area contributed by atoms with Crippen molar-refractivity contribution in [2.24, 2.45) is 0 Å². The number of nitrogens with one attached hydrogen (secondary N) is 3. The molecule has 0 saturated carbocycles. The lowest BCUT2D eigenvalue weighted by Crippen LogP contribution is -2.37. The molecule has 1 aliphatic carbocycles. The molecular formula is C27H32N6. The van der Waals surface area contributed by atoms with E-state index in [4.69, 9.17) is 9.97 Å². The molecule has 170 valence electrons. The third-order valence-corrected chi connectivity index (χ3v) is 6.45. The number of hydrogen-bond donors (Lipinski definition) is 3. The number of nitrogens with zero attached hydrogens (tertiary/aromatic N) is 3. The first kappa shape index (κ1) is 21.7. The van der Waals surface area contributed by atoms with Crippen LogP contribution in [0.4, 0.5) is 0 Å². The number of para-hydroxylation sites is 2. The van der Waals surface area contributed by atoms with E-state index in [0.717, 1.165) is 67.7 Å². The van der Waals surface area contributed by atoms with Crippen molar-refractivity contribution in [3.8, 4) is 0 Å². The minimum absolute atomic E-state index is 0.311. The SMILES string of the molecule is c1ccc(CNCCCC(Cc2nc3ccccc3[nH]2)NC2CCCc3cccnc32)nc1. The summed E-state index contributed by atoms with van der Waals surface area (Å²) in [7, 11) is 0. The van der Waals surface area contributed by atoms with Crippen LogP contribution in [-0.2, 0) is 19.4 Å². The lowest BCUT2D eigenvalue weighted by molar-refractivity contribution is 0.360. The van der Waals surface area contributed by atoms with Gasteiger partial charge in [-0.1, -0.05) is 24.3 Å². The van der Waals surface area contributed by atoms with Gasteiger partial charge in [0.1, 0.15) is 5.82 Å². The number of H-pyrrole nitrogens is 1. The normalized spacial score (nSPS) is 16.5. The van der Waals surface area contributed by atoms with E-state index in [1.807, 2.05) is 30.6 Å². The summed E-state index contributed by atoms with van der Waals surface area (Å²) in [4.78, 5) is 17.5. The van der Waals surface area contributed by atoms with Gasteiger partial charge in [0.2, 0.25) is 0 Å². The van der Waals surface area contributed by atoms with Crippen LogP contribution < -0.4 is 10.6 Å². The fourth-order valence-electron chi connectivity index (χ4n) is 4.83. The summed E-state index contributed by atoms with van der Waals surface area (Å²) in [5, 5.41) is 7.49. The van der Waals surface area contributed by atoms with Gasteiger partial charge in [0.05, 0.1) is 22.4 Å². The first-order chi connectivity index (χ1) is 16.3. The predicted octanol–water partition coefficient (Wildman–Crippen LogP) is 4.50. The Kier molecular flexibility index (Phi) is 7.04. The second-order valence-electron chi connectivity index (χ2n) is 8.90. The Morgan fingerprint density at radius 2 is 1.91 bits per heavy atom. The molecule has 0 spiro atoms. The molecule has 0 bridgehead atoms. The van der Waals surface area contributed by atoms with Crippen LogP contribution in [0.15, 0.2) is 67.0 Å². The molecule has 6 nitrogen and oxygen atoms in total. The number of aryl methyl sites for hydroxylation is 1. The van der Waals surface area contributed by atoms with Crippen LogP contribution in [0.3, 0.4) is 0 Å². The first-order valence-electron chi connectivity index (χ1n) is 12.1. The van der Waals surface area contributed by atoms with Crippen molar-refractivity contribution < 1.29 is 0 Å². The summed E-state index contributed by atoms with van der Waals surface area (Å²) >= 11 is 0. The average molecular weight is 441 g/mol. The Hall–Kier alpha value is -3.09. The zero-order valence-electron chi connectivity index (χ0n) is 19.0. The molecule has 3 heterocycles. The molecule has 33 heavy (non-hydrogen) atoms. The number of rotatable bonds is 10. The van der Waals surface area contributed by atoms with E-state index in [2.05, 4.69) is 57.0 Å². The van der Waals surface area contributed by atoms with Gasteiger partial charge in [-0.05, 0) is 74.5 Å². The van der Waals surface area contributed by atoms with Gasteiger partial charge in [0.25, 0.3) is 0 Å². The minimum atomic E-state index is 0.311. The van der Waals surface area contributed by atoms with Crippen molar-refractivity contribution >= 4 is 11.0 Å². The van der Waals surface area contributed by atoms with Crippen molar-refractivity contribution in [3.63, 3.8) is 0 Å². The van der Waals surface area contributed by atoms with Gasteiger partial charge in [-0.25, -0.2) is 4.98 Å². The molecule has 1 aliphatic rings. The largest absolute Gasteiger partial charge is 0.342 e. The Labute approximate surface area is 195 Å². The second-order valence-corrected chi connectivity index (χ2v) is 8.90. The molecule has 1 aromatic carbocycles. The van der Waals surface area contributed by atoms with Gasteiger partial charge in [0, 0.05) is 37.4 Å². The van der Waals surface area contributed by atoms with E-state index in [1.165, 1.54) is 17.7 Å². The summed E-state index contributed by atoms with van der Waals surface area (Å²) in [5.74, 6) is 1.05. The van der Waals surface area contributed by atoms with Crippen LogP contribution in [-0.4, -0.2) is 32.5 Å². The van der Waals surface area contributed by atoms with Crippen molar-refractivity contribution in [1.82, 2.24) is 30.6 Å². The lowest BCUT2D eigenvalue weighted by Gasteiger charge is -2.29. The lowest BCUT2D eigenvalue weighted by atomic mass is 9.91. The fourth-order valence-corrected chi connectivity index (χ4v) is 4.83. The van der Waals surface area contributed by atoms with E-state index < -0.39 is 0 Å². The number of hydrogen-bond acceptors (Lipinski definition) is 5. The van der Waals surface area contributed by atoms with Crippen molar-refractivity contribution in [2.75, 3.05) is 6.54 Å². The smallest absolute Gasteiger partial charge is 0.108 e. The zero-order valence-corrected chi connectivity index (χ0v) is 19.0. The summed E-state index contributed by atoms with van der Waals surface area (Å²) in [5.41, 5.74) is 5.84. The summed E-state index contributed by atoms with van der Waals surface area (Å²) in [6.45, 7) is 1.77. The van der Waals surface area contributed by atoms with Crippen molar-refractivity contribution in [2.45, 2.75) is 57.2 Å². The topological polar surface area (TPSA) is 78.5 Å². The molecule has 2 atom stereocenters. The first-order valence-corrected chi connectivity index (χ1v) is 12.1. The second kappa shape index (κ2) is 10.7. The monoisotopic (exact) mass is 440 g/mol. The summed E-state index contributed by atoms with van der Waals surface area (Å²) < 4.78 is 0. The third kappa shape index (κ3) is 5.64. The maximum absolute atomic E-state index is 4.84. The maximum atomic E-state index is 4.84. The van der Waals surface area contributed by atoms with Crippen LogP contribution in [0.1, 0.15) is 54.5 Å². The molecule has 0 saturated heterocycles. The highest BCUT2D eigenvalue weighted by Gasteiger charge is 2.24. The number of pyridine rings is 2. The van der Waals surface area contributed by atoms with E-state index >= 15 is 0 Å². The number of imidazole rings is 1. The molecule has 5 rings (SSSR count). The summed E-state index contributed by atoms with van der Waals surface area (Å²) in [6.07, 6.45) is 10.3. The Morgan fingerprint density at radius 3 is 2.82 bits per heavy atom. The highest BCUT2D eigenvalue weighted by Crippen LogP contribution is 2.29. The Morgan fingerprint density at radius 1 is 1.00 bits per heavy atom. The number of aromatic amines is 1. The fraction of sp³-hybridized carbons (Fsp3) is 0.370. The molecule has 6 heteroatoms. The predicted molar refractivity (Wildman–Crippen MR) is 132 cm³/mol. The highest BCUT2D eigenvalue weighted by molar-refractivity contribution is 5.74. The molecule has 3 aromatic heterocycles. The number of fused-ring (bicyclic) bond motifs is 2. The molecule has 0 radical (unpaired) electrons. The molecule has 0 fully saturated rings. The number of benzene rings is 1. The van der Waals surface area contributed by atoms with Gasteiger partial charge in [-0.15, -0.1) is 0 Å². The van der Waals surface area contributed by atoms with Crippen LogP contribution in [0.25, 0.3) is 11.0 Å². The van der Waals surface area contributed by atoms with E-state index in [-0.39, 0.29) is 0 Å². The van der Waals surface area contributed by atoms with Gasteiger partial charge in [-0.2, -0.15) is 0 Å². The van der Waals surface area contributed by atoms with Crippen LogP contribution >= 0.6 is 0 Å². The standard InChI is InChI=1S/C27H32N6/c1-2-13-24-23(12-1)32-26(33-24)18-21(11-7-15-28-19-22-10-3-4-16-29-22)31-25-14-5-8-20-9-6-17-30-27(20)25/h1-4,6,9-10,12-13,16-17,21,25,28,31H,5,7-8,11,14-15,18-19H2,(H,32,33). The molecule has 0 amide bonds. The van der Waals surface area contributed by atoms with Gasteiger partial charge in [0.15, 0.2) is 0 Å². The Balaban J connectivity index is 1.24. The highest BCUT2D eigenvalue weighted by atomic mass is 15.0. The summed E-state index contributed by atoms with van der Waals surface area (Å²) in [6, 6.07) is 19.2. The average Bonchev–Trinajstić information content (AvgIpc) is 3.27. The Bertz CT molecular complexity index is 1120. The van der Waals surface area contributed by atoms with Crippen molar-refractivity contribution in [1.29, 1.82) is 0 Å².